The lowest BCUT2D eigenvalue weighted by Crippen LogP contribution is -2.38. The third-order valence-electron chi connectivity index (χ3n) is 5.47. The first-order chi connectivity index (χ1) is 8.24. The van der Waals surface area contributed by atoms with Gasteiger partial charge < -0.3 is 4.74 Å². The van der Waals surface area contributed by atoms with Gasteiger partial charge in [-0.1, -0.05) is 27.4 Å². The molecule has 0 N–H and O–H groups in total. The molecule has 18 heavy (non-hydrogen) atoms. The summed E-state index contributed by atoms with van der Waals surface area (Å²) < 4.78 is 5.59. The molecule has 2 saturated carbocycles. The van der Waals surface area contributed by atoms with Crippen molar-refractivity contribution in [3.05, 3.63) is 12.2 Å². The highest BCUT2D eigenvalue weighted by Crippen LogP contribution is 2.68. The predicted octanol–water partition coefficient (Wildman–Crippen LogP) is 3.07. The van der Waals surface area contributed by atoms with Crippen LogP contribution in [-0.4, -0.2) is 12.1 Å². The molecule has 0 aliphatic heterocycles. The van der Waals surface area contributed by atoms with E-state index in [1.54, 1.807) is 6.92 Å². The third kappa shape index (κ3) is 1.51. The first kappa shape index (κ1) is 13.1. The van der Waals surface area contributed by atoms with E-state index >= 15 is 0 Å². The van der Waals surface area contributed by atoms with Crippen molar-refractivity contribution in [3.8, 4) is 6.07 Å². The van der Waals surface area contributed by atoms with E-state index in [1.165, 1.54) is 0 Å². The molecule has 0 spiro atoms. The van der Waals surface area contributed by atoms with Gasteiger partial charge in [0.25, 0.3) is 0 Å². The van der Waals surface area contributed by atoms with Crippen LogP contribution < -0.4 is 0 Å². The number of hydrogen-bond acceptors (Lipinski definition) is 3. The minimum Gasteiger partial charge on any atom is -0.458 e. The van der Waals surface area contributed by atoms with Crippen LogP contribution >= 0.6 is 0 Å². The highest BCUT2D eigenvalue weighted by atomic mass is 16.5. The van der Waals surface area contributed by atoms with Gasteiger partial charge in [-0.05, 0) is 31.1 Å². The molecule has 4 atom stereocenters. The minimum atomic E-state index is -0.307. The molecular formula is C15H21NO2. The molecule has 4 unspecified atom stereocenters. The number of ether oxygens (including phenoxy) is 1. The Morgan fingerprint density at radius 2 is 2.06 bits per heavy atom. The Hall–Kier alpha value is -1.30. The molecule has 0 aromatic rings. The summed E-state index contributed by atoms with van der Waals surface area (Å²) in [6.07, 6.45) is 1.56. The van der Waals surface area contributed by atoms with Crippen LogP contribution in [0, 0.1) is 34.0 Å². The molecule has 98 valence electrons. The number of rotatable bonds is 2. The van der Waals surface area contributed by atoms with Gasteiger partial charge in [-0.15, -0.1) is 0 Å². The molecule has 0 saturated heterocycles. The molecule has 0 aromatic heterocycles. The Labute approximate surface area is 109 Å². The maximum atomic E-state index is 11.7. The van der Waals surface area contributed by atoms with Gasteiger partial charge in [0, 0.05) is 11.0 Å². The Morgan fingerprint density at radius 1 is 1.44 bits per heavy atom. The summed E-state index contributed by atoms with van der Waals surface area (Å²) in [5.74, 6) is 0.123. The van der Waals surface area contributed by atoms with Crippen molar-refractivity contribution in [3.63, 3.8) is 0 Å². The average molecular weight is 247 g/mol. The van der Waals surface area contributed by atoms with Crippen molar-refractivity contribution >= 4 is 5.97 Å². The van der Waals surface area contributed by atoms with Gasteiger partial charge in [-0.25, -0.2) is 4.79 Å². The highest BCUT2D eigenvalue weighted by molar-refractivity contribution is 5.87. The number of nitrogens with zero attached hydrogens (tertiary/aromatic N) is 1. The average Bonchev–Trinajstić information content (AvgIpc) is 2.59. The van der Waals surface area contributed by atoms with Crippen LogP contribution in [0.15, 0.2) is 12.2 Å². The summed E-state index contributed by atoms with van der Waals surface area (Å²) in [7, 11) is 0. The summed E-state index contributed by atoms with van der Waals surface area (Å²) in [5, 5.41) is 9.22. The fraction of sp³-hybridized carbons (Fsp3) is 0.733. The highest BCUT2D eigenvalue weighted by Gasteiger charge is 2.66. The SMILES string of the molecule is C=C(C)C(=O)OC1CC2C(C#N)CC1(C)C2(C)C. The molecular weight excluding hydrogens is 226 g/mol. The first-order valence-electron chi connectivity index (χ1n) is 6.50. The second-order valence-corrected chi connectivity index (χ2v) is 6.60. The first-order valence-corrected chi connectivity index (χ1v) is 6.50. The van der Waals surface area contributed by atoms with Crippen LogP contribution in [0.5, 0.6) is 0 Å². The maximum Gasteiger partial charge on any atom is 0.333 e. The van der Waals surface area contributed by atoms with E-state index in [-0.39, 0.29) is 28.8 Å². The number of fused-ring (bicyclic) bond motifs is 2. The van der Waals surface area contributed by atoms with Gasteiger partial charge in [-0.3, -0.25) is 0 Å². The van der Waals surface area contributed by atoms with Crippen LogP contribution in [0.2, 0.25) is 0 Å². The minimum absolute atomic E-state index is 0.0490. The zero-order chi connectivity index (χ0) is 13.7. The van der Waals surface area contributed by atoms with E-state index in [2.05, 4.69) is 33.4 Å². The van der Waals surface area contributed by atoms with Crippen molar-refractivity contribution in [2.24, 2.45) is 22.7 Å². The molecule has 2 aliphatic rings. The van der Waals surface area contributed by atoms with Gasteiger partial charge in [0.05, 0.1) is 12.0 Å². The molecule has 0 aromatic carbocycles. The lowest BCUT2D eigenvalue weighted by atomic mass is 9.70. The van der Waals surface area contributed by atoms with E-state index < -0.39 is 0 Å². The number of carbonyl (C=O) groups excluding carboxylic acids is 1. The Kier molecular flexibility index (Phi) is 2.81. The lowest BCUT2D eigenvalue weighted by molar-refractivity contribution is -0.152. The van der Waals surface area contributed by atoms with E-state index in [0.717, 1.165) is 12.8 Å². The van der Waals surface area contributed by atoms with E-state index in [1.807, 2.05) is 0 Å². The molecule has 2 bridgehead atoms. The second-order valence-electron chi connectivity index (χ2n) is 6.60. The van der Waals surface area contributed by atoms with Crippen molar-refractivity contribution in [1.29, 1.82) is 5.26 Å². The molecule has 2 fully saturated rings. The maximum absolute atomic E-state index is 11.7. The molecule has 2 rings (SSSR count). The van der Waals surface area contributed by atoms with E-state index in [0.29, 0.717) is 11.5 Å². The quantitative estimate of drug-likeness (QED) is 0.556. The molecule has 3 nitrogen and oxygen atoms in total. The monoisotopic (exact) mass is 247 g/mol. The van der Waals surface area contributed by atoms with Gasteiger partial charge in [0.15, 0.2) is 0 Å². The molecule has 2 aliphatic carbocycles. The number of hydrogen-bond donors (Lipinski definition) is 0. The predicted molar refractivity (Wildman–Crippen MR) is 68.4 cm³/mol. The summed E-state index contributed by atoms with van der Waals surface area (Å²) >= 11 is 0. The second kappa shape index (κ2) is 3.85. The van der Waals surface area contributed by atoms with Gasteiger partial charge in [0.2, 0.25) is 0 Å². The summed E-state index contributed by atoms with van der Waals surface area (Å²) in [4.78, 5) is 11.7. The summed E-state index contributed by atoms with van der Waals surface area (Å²) in [6, 6.07) is 2.41. The van der Waals surface area contributed by atoms with Crippen molar-refractivity contribution in [1.82, 2.24) is 0 Å². The Bertz CT molecular complexity index is 446. The smallest absolute Gasteiger partial charge is 0.333 e. The van der Waals surface area contributed by atoms with Crippen LogP contribution in [0.4, 0.5) is 0 Å². The summed E-state index contributed by atoms with van der Waals surface area (Å²) in [6.45, 7) is 11.8. The molecule has 3 heteroatoms. The lowest BCUT2D eigenvalue weighted by Gasteiger charge is -2.38. The number of nitriles is 1. The van der Waals surface area contributed by atoms with Crippen LogP contribution in [-0.2, 0) is 9.53 Å². The van der Waals surface area contributed by atoms with Crippen molar-refractivity contribution < 1.29 is 9.53 Å². The van der Waals surface area contributed by atoms with Crippen molar-refractivity contribution in [2.75, 3.05) is 0 Å². The van der Waals surface area contributed by atoms with Gasteiger partial charge >= 0.3 is 5.97 Å². The fourth-order valence-electron chi connectivity index (χ4n) is 3.83. The normalized spacial score (nSPS) is 40.3. The Balaban J connectivity index is 2.23. The van der Waals surface area contributed by atoms with Crippen LogP contribution in [0.25, 0.3) is 0 Å². The van der Waals surface area contributed by atoms with E-state index in [9.17, 15) is 10.1 Å². The zero-order valence-electron chi connectivity index (χ0n) is 11.6. The van der Waals surface area contributed by atoms with Crippen LogP contribution in [0.3, 0.4) is 0 Å². The number of esters is 1. The Morgan fingerprint density at radius 3 is 2.44 bits per heavy atom. The topological polar surface area (TPSA) is 50.1 Å². The van der Waals surface area contributed by atoms with Gasteiger partial charge in [0.1, 0.15) is 6.10 Å². The van der Waals surface area contributed by atoms with Crippen molar-refractivity contribution in [2.45, 2.75) is 46.6 Å². The molecule has 0 heterocycles. The molecule has 0 amide bonds. The number of carbonyl (C=O) groups is 1. The fourth-order valence-corrected chi connectivity index (χ4v) is 3.83. The van der Waals surface area contributed by atoms with E-state index in [4.69, 9.17) is 4.74 Å². The van der Waals surface area contributed by atoms with Gasteiger partial charge in [-0.2, -0.15) is 5.26 Å². The standard InChI is InChI=1S/C15H21NO2/c1-9(2)13(17)18-12-6-11-10(8-16)7-15(12,5)14(11,3)4/h10-12H,1,6-7H2,2-5H3. The zero-order valence-corrected chi connectivity index (χ0v) is 11.6. The third-order valence-corrected chi connectivity index (χ3v) is 5.47. The molecule has 0 radical (unpaired) electrons. The largest absolute Gasteiger partial charge is 0.458 e. The summed E-state index contributed by atoms with van der Waals surface area (Å²) in [5.41, 5.74) is 0.396. The van der Waals surface area contributed by atoms with Crippen LogP contribution in [0.1, 0.15) is 40.5 Å².